The molecular weight excluding hydrogens is 352 g/mol. The van der Waals surface area contributed by atoms with Gasteiger partial charge >= 0.3 is 11.9 Å². The van der Waals surface area contributed by atoms with E-state index in [-0.39, 0.29) is 13.1 Å². The monoisotopic (exact) mass is 376 g/mol. The minimum atomic E-state index is -1.51. The van der Waals surface area contributed by atoms with E-state index in [1.165, 1.54) is 0 Å². The van der Waals surface area contributed by atoms with Crippen molar-refractivity contribution in [2.75, 3.05) is 36.9 Å². The lowest BCUT2D eigenvalue weighted by Crippen LogP contribution is -2.27. The van der Waals surface area contributed by atoms with Crippen molar-refractivity contribution in [2.24, 2.45) is 0 Å². The van der Waals surface area contributed by atoms with Crippen LogP contribution in [0, 0.1) is 0 Å². The van der Waals surface area contributed by atoms with Gasteiger partial charge in [0.05, 0.1) is 25.4 Å². The second-order valence-corrected chi connectivity index (χ2v) is 4.66. The van der Waals surface area contributed by atoms with E-state index in [0.717, 1.165) is 0 Å². The highest BCUT2D eigenvalue weighted by Gasteiger charge is 2.23. The Morgan fingerprint density at radius 1 is 0.846 bits per heavy atom. The maximum Gasteiger partial charge on any atom is 0.358 e. The summed E-state index contributed by atoms with van der Waals surface area (Å²) in [5.74, 6) is -3.82. The molecule has 1 rings (SSSR count). The summed E-state index contributed by atoms with van der Waals surface area (Å²) in [5, 5.41) is 59.1. The summed E-state index contributed by atoms with van der Waals surface area (Å²) in [6.45, 7) is 2.27. The topological polar surface area (TPSA) is 205 Å². The van der Waals surface area contributed by atoms with Crippen LogP contribution in [-0.2, 0) is 0 Å². The first-order chi connectivity index (χ1) is 12.3. The Bertz CT molecular complexity index is 547. The zero-order chi connectivity index (χ0) is 20.3. The number of carboxylic acids is 2. The molecule has 0 bridgehead atoms. The summed E-state index contributed by atoms with van der Waals surface area (Å²) in [6.07, 6.45) is -2.42. The quantitative estimate of drug-likeness (QED) is 0.233. The van der Waals surface area contributed by atoms with Crippen molar-refractivity contribution < 1.29 is 40.2 Å². The van der Waals surface area contributed by atoms with E-state index in [2.05, 4.69) is 20.6 Å². The molecule has 2 atom stereocenters. The van der Waals surface area contributed by atoms with Crippen molar-refractivity contribution in [3.05, 3.63) is 11.4 Å². The maximum absolute atomic E-state index is 11.2. The third-order valence-electron chi connectivity index (χ3n) is 2.73. The van der Waals surface area contributed by atoms with Gasteiger partial charge in [-0.3, -0.25) is 0 Å². The first kappa shape index (κ1) is 23.5. The number of aliphatic hydroxyl groups is 4. The average molecular weight is 376 g/mol. The summed E-state index contributed by atoms with van der Waals surface area (Å²) in [7, 11) is 0. The molecule has 12 heteroatoms. The van der Waals surface area contributed by atoms with E-state index in [1.807, 2.05) is 13.8 Å². The van der Waals surface area contributed by atoms with E-state index < -0.39 is 60.4 Å². The summed E-state index contributed by atoms with van der Waals surface area (Å²) >= 11 is 0. The van der Waals surface area contributed by atoms with Crippen LogP contribution >= 0.6 is 0 Å². The second kappa shape index (κ2) is 11.9. The minimum absolute atomic E-state index is 0.277. The van der Waals surface area contributed by atoms with Gasteiger partial charge in [0.25, 0.3) is 0 Å². The molecule has 1 heterocycles. The predicted molar refractivity (Wildman–Crippen MR) is 90.5 cm³/mol. The Hall–Kier alpha value is -2.54. The van der Waals surface area contributed by atoms with E-state index in [4.69, 9.17) is 20.4 Å². The normalized spacial score (nSPS) is 12.4. The number of nitrogens with one attached hydrogen (secondary N) is 2. The van der Waals surface area contributed by atoms with Crippen LogP contribution in [-0.4, -0.2) is 91.1 Å². The summed E-state index contributed by atoms with van der Waals surface area (Å²) < 4.78 is 0. The number of aromatic nitrogens is 2. The number of nitrogens with zero attached hydrogens (tertiary/aromatic N) is 2. The zero-order valence-corrected chi connectivity index (χ0v) is 14.4. The molecule has 26 heavy (non-hydrogen) atoms. The van der Waals surface area contributed by atoms with Crippen molar-refractivity contribution in [1.82, 2.24) is 9.97 Å². The standard InChI is InChI=1S/C12H18N4O8.C2H6/c17-3-5(19)1-13-9-7(11(21)22)16-10(8(15-9)12(23)24)14-2-6(20)4-18;1-2/h5-6,17-20H,1-4H2,(H,13,15)(H,14,16)(H,21,22)(H,23,24);1-2H3. The molecular formula is C14H24N4O8. The predicted octanol–water partition coefficient (Wildman–Crippen LogP) is -1.57. The molecule has 0 aliphatic rings. The fourth-order valence-electron chi connectivity index (χ4n) is 1.54. The largest absolute Gasteiger partial charge is 0.476 e. The molecule has 148 valence electrons. The molecule has 2 unspecified atom stereocenters. The number of rotatable bonds is 10. The smallest absolute Gasteiger partial charge is 0.358 e. The van der Waals surface area contributed by atoms with Crippen molar-refractivity contribution in [1.29, 1.82) is 0 Å². The molecule has 0 amide bonds. The number of hydrogen-bond acceptors (Lipinski definition) is 10. The van der Waals surface area contributed by atoms with Crippen LogP contribution in [0.25, 0.3) is 0 Å². The van der Waals surface area contributed by atoms with Gasteiger partial charge in [-0.15, -0.1) is 0 Å². The minimum Gasteiger partial charge on any atom is -0.476 e. The number of hydrogen-bond donors (Lipinski definition) is 8. The molecule has 0 aliphatic heterocycles. The zero-order valence-electron chi connectivity index (χ0n) is 14.4. The number of aliphatic hydroxyl groups excluding tert-OH is 4. The molecule has 1 aromatic heterocycles. The van der Waals surface area contributed by atoms with Crippen LogP contribution < -0.4 is 10.6 Å². The van der Waals surface area contributed by atoms with Gasteiger partial charge in [-0.1, -0.05) is 13.8 Å². The molecule has 0 fully saturated rings. The lowest BCUT2D eigenvalue weighted by molar-refractivity contribution is 0.0672. The fraction of sp³-hybridized carbons (Fsp3) is 0.571. The lowest BCUT2D eigenvalue weighted by atomic mass is 10.3. The van der Waals surface area contributed by atoms with Crippen LogP contribution in [0.5, 0.6) is 0 Å². The highest BCUT2D eigenvalue weighted by Crippen LogP contribution is 2.18. The molecule has 8 N–H and O–H groups in total. The van der Waals surface area contributed by atoms with Gasteiger partial charge in [0, 0.05) is 13.1 Å². The first-order valence-electron chi connectivity index (χ1n) is 7.74. The molecule has 0 saturated heterocycles. The van der Waals surface area contributed by atoms with Gasteiger partial charge in [0.1, 0.15) is 0 Å². The molecule has 12 nitrogen and oxygen atoms in total. The van der Waals surface area contributed by atoms with Crippen molar-refractivity contribution in [3.63, 3.8) is 0 Å². The number of anilines is 2. The average Bonchev–Trinajstić information content (AvgIpc) is 2.64. The van der Waals surface area contributed by atoms with Crippen LogP contribution in [0.4, 0.5) is 11.6 Å². The highest BCUT2D eigenvalue weighted by atomic mass is 16.4. The van der Waals surface area contributed by atoms with Gasteiger partial charge in [-0.05, 0) is 0 Å². The van der Waals surface area contributed by atoms with Gasteiger partial charge < -0.3 is 41.3 Å². The van der Waals surface area contributed by atoms with Gasteiger partial charge in [0.15, 0.2) is 23.0 Å². The molecule has 0 aromatic carbocycles. The first-order valence-corrected chi connectivity index (χ1v) is 7.74. The summed E-state index contributed by atoms with van der Waals surface area (Å²) in [5.41, 5.74) is -1.24. The van der Waals surface area contributed by atoms with E-state index in [9.17, 15) is 19.8 Å². The molecule has 0 spiro atoms. The van der Waals surface area contributed by atoms with Gasteiger partial charge in [0.2, 0.25) is 0 Å². The van der Waals surface area contributed by atoms with E-state index in [0.29, 0.717) is 0 Å². The van der Waals surface area contributed by atoms with Crippen molar-refractivity contribution >= 4 is 23.6 Å². The molecule has 0 saturated carbocycles. The molecule has 0 aliphatic carbocycles. The van der Waals surface area contributed by atoms with Crippen molar-refractivity contribution in [2.45, 2.75) is 26.1 Å². The van der Waals surface area contributed by atoms with Crippen molar-refractivity contribution in [3.8, 4) is 0 Å². The van der Waals surface area contributed by atoms with E-state index >= 15 is 0 Å². The summed E-state index contributed by atoms with van der Waals surface area (Å²) in [4.78, 5) is 29.8. The third-order valence-corrected chi connectivity index (χ3v) is 2.73. The number of carbonyl (C=O) groups is 2. The number of carboxylic acid groups (broad SMARTS) is 2. The van der Waals surface area contributed by atoms with Crippen LogP contribution in [0.15, 0.2) is 0 Å². The highest BCUT2D eigenvalue weighted by molar-refractivity contribution is 5.96. The van der Waals surface area contributed by atoms with E-state index in [1.54, 1.807) is 0 Å². The Balaban J connectivity index is 0.00000301. The Kier molecular flexibility index (Phi) is 10.8. The van der Waals surface area contributed by atoms with Gasteiger partial charge in [-0.2, -0.15) is 0 Å². The van der Waals surface area contributed by atoms with Crippen LogP contribution in [0.2, 0.25) is 0 Å². The summed E-state index contributed by atoms with van der Waals surface area (Å²) in [6, 6.07) is 0. The Morgan fingerprint density at radius 3 is 1.38 bits per heavy atom. The van der Waals surface area contributed by atoms with Gasteiger partial charge in [-0.25, -0.2) is 19.6 Å². The fourth-order valence-corrected chi connectivity index (χ4v) is 1.54. The molecule has 0 radical (unpaired) electrons. The molecule has 1 aromatic rings. The maximum atomic E-state index is 11.2. The lowest BCUT2D eigenvalue weighted by Gasteiger charge is -2.15. The van der Waals surface area contributed by atoms with Crippen LogP contribution in [0.1, 0.15) is 34.8 Å². The Labute approximate surface area is 149 Å². The second-order valence-electron chi connectivity index (χ2n) is 4.66. The third kappa shape index (κ3) is 7.14. The van der Waals surface area contributed by atoms with Crippen LogP contribution in [0.3, 0.4) is 0 Å². The SMILES string of the molecule is CC.O=C(O)c1nc(NCC(O)CO)c(C(=O)O)nc1NCC(O)CO. The number of aromatic carboxylic acids is 2. The Morgan fingerprint density at radius 2 is 1.15 bits per heavy atom.